The summed E-state index contributed by atoms with van der Waals surface area (Å²) in [5.41, 5.74) is 17.9. The van der Waals surface area contributed by atoms with Crippen molar-refractivity contribution in [2.75, 3.05) is 0 Å². The molecule has 2 aromatic rings. The highest BCUT2D eigenvalue weighted by Gasteiger charge is 2.10. The molecule has 1 unspecified atom stereocenters. The molecule has 2 rings (SSSR count). The summed E-state index contributed by atoms with van der Waals surface area (Å²) in [6, 6.07) is 14.1. The van der Waals surface area contributed by atoms with Gasteiger partial charge >= 0.3 is 0 Å². The molecule has 0 aliphatic rings. The van der Waals surface area contributed by atoms with E-state index in [4.69, 9.17) is 21.9 Å². The highest BCUT2D eigenvalue weighted by molar-refractivity contribution is 5.79. The van der Waals surface area contributed by atoms with Gasteiger partial charge < -0.3 is 21.9 Å². The minimum absolute atomic E-state index is 0.313. The lowest BCUT2D eigenvalue weighted by Gasteiger charge is -2.09. The first-order valence-corrected chi connectivity index (χ1v) is 7.63. The van der Waals surface area contributed by atoms with Crippen LogP contribution in [0.15, 0.2) is 48.5 Å². The maximum Gasteiger partial charge on any atom is 0.234 e. The molecule has 0 radical (unpaired) electrons. The number of nitrogens with two attached hydrogens (primary N) is 3. The molecule has 6 heteroatoms. The van der Waals surface area contributed by atoms with Crippen LogP contribution in [0.5, 0.6) is 11.5 Å². The van der Waals surface area contributed by atoms with Gasteiger partial charge in [0.25, 0.3) is 0 Å². The quantitative estimate of drug-likeness (QED) is 0.675. The molecule has 2 aromatic carbocycles. The molecule has 0 heterocycles. The molecule has 0 spiro atoms. The van der Waals surface area contributed by atoms with Crippen LogP contribution >= 0.6 is 0 Å². The van der Waals surface area contributed by atoms with Crippen LogP contribution in [0.2, 0.25) is 0 Å². The molecule has 24 heavy (non-hydrogen) atoms. The predicted octanol–water partition coefficient (Wildman–Crippen LogP) is 1.25. The lowest BCUT2D eigenvalue weighted by atomic mass is 10.1. The first-order valence-electron chi connectivity index (χ1n) is 7.63. The van der Waals surface area contributed by atoms with Gasteiger partial charge in [-0.2, -0.15) is 0 Å². The zero-order valence-electron chi connectivity index (χ0n) is 13.3. The molecule has 0 saturated carbocycles. The number of benzene rings is 2. The van der Waals surface area contributed by atoms with Crippen LogP contribution in [0, 0.1) is 0 Å². The van der Waals surface area contributed by atoms with Crippen molar-refractivity contribution in [2.45, 2.75) is 25.3 Å². The molecule has 2 amide bonds. The summed E-state index contributed by atoms with van der Waals surface area (Å²) in [6.45, 7) is 0. The fraction of sp³-hybridized carbons (Fsp3) is 0.222. The van der Waals surface area contributed by atoms with Crippen LogP contribution in [0.25, 0.3) is 0 Å². The summed E-state index contributed by atoms with van der Waals surface area (Å²) in [4.78, 5) is 21.7. The van der Waals surface area contributed by atoms with E-state index in [0.29, 0.717) is 30.8 Å². The molecule has 126 valence electrons. The third-order valence-corrected chi connectivity index (χ3v) is 3.56. The van der Waals surface area contributed by atoms with E-state index < -0.39 is 11.9 Å². The number of primary amides is 2. The van der Waals surface area contributed by atoms with Crippen molar-refractivity contribution < 1.29 is 14.3 Å². The fourth-order valence-corrected chi connectivity index (χ4v) is 2.18. The zero-order chi connectivity index (χ0) is 17.5. The third-order valence-electron chi connectivity index (χ3n) is 3.56. The highest BCUT2D eigenvalue weighted by Crippen LogP contribution is 2.22. The van der Waals surface area contributed by atoms with Gasteiger partial charge in [-0.25, -0.2) is 0 Å². The standard InChI is InChI=1S/C18H21N3O3/c19-16(18(21)23)11-13-3-8-15(9-4-13)24-14-6-1-12(2-7-14)5-10-17(20)22/h1-4,6-9,16H,5,10-11,19H2,(H2,20,22)(H2,21,23). The van der Waals surface area contributed by atoms with Crippen molar-refractivity contribution in [3.05, 3.63) is 59.7 Å². The number of carbonyl (C=O) groups excluding carboxylic acids is 2. The second kappa shape index (κ2) is 8.12. The van der Waals surface area contributed by atoms with E-state index in [1.54, 1.807) is 0 Å². The maximum absolute atomic E-state index is 11.0. The SMILES string of the molecule is NC(=O)CCc1ccc(Oc2ccc(CC(N)C(N)=O)cc2)cc1. The van der Waals surface area contributed by atoms with E-state index in [2.05, 4.69) is 0 Å². The first-order chi connectivity index (χ1) is 11.4. The van der Waals surface area contributed by atoms with E-state index in [9.17, 15) is 9.59 Å². The van der Waals surface area contributed by atoms with Crippen LogP contribution in [0.4, 0.5) is 0 Å². The molecule has 0 aromatic heterocycles. The van der Waals surface area contributed by atoms with Crippen LogP contribution in [-0.4, -0.2) is 17.9 Å². The number of ether oxygens (including phenoxy) is 1. The van der Waals surface area contributed by atoms with Gasteiger partial charge in [-0.1, -0.05) is 24.3 Å². The molecule has 0 aliphatic heterocycles. The van der Waals surface area contributed by atoms with Crippen LogP contribution < -0.4 is 21.9 Å². The van der Waals surface area contributed by atoms with Gasteiger partial charge in [0.1, 0.15) is 11.5 Å². The number of hydrogen-bond donors (Lipinski definition) is 3. The average molecular weight is 327 g/mol. The number of aryl methyl sites for hydroxylation is 1. The lowest BCUT2D eigenvalue weighted by molar-refractivity contribution is -0.119. The number of rotatable bonds is 8. The van der Waals surface area contributed by atoms with E-state index in [1.807, 2.05) is 48.5 Å². The summed E-state index contributed by atoms with van der Waals surface area (Å²) < 4.78 is 5.75. The van der Waals surface area contributed by atoms with E-state index in [1.165, 1.54) is 0 Å². The molecule has 6 N–H and O–H groups in total. The van der Waals surface area contributed by atoms with E-state index in [0.717, 1.165) is 11.1 Å². The second-order valence-electron chi connectivity index (χ2n) is 5.57. The van der Waals surface area contributed by atoms with E-state index in [-0.39, 0.29) is 5.91 Å². The molecule has 6 nitrogen and oxygen atoms in total. The summed E-state index contributed by atoms with van der Waals surface area (Å²) in [5.74, 6) is 0.536. The van der Waals surface area contributed by atoms with Crippen molar-refractivity contribution in [3.8, 4) is 11.5 Å². The van der Waals surface area contributed by atoms with E-state index >= 15 is 0 Å². The minimum atomic E-state index is -0.690. The Kier molecular flexibility index (Phi) is 5.92. The van der Waals surface area contributed by atoms with Crippen LogP contribution in [0.3, 0.4) is 0 Å². The highest BCUT2D eigenvalue weighted by atomic mass is 16.5. The van der Waals surface area contributed by atoms with Crippen LogP contribution in [-0.2, 0) is 22.4 Å². The van der Waals surface area contributed by atoms with Crippen molar-refractivity contribution in [1.82, 2.24) is 0 Å². The van der Waals surface area contributed by atoms with Gasteiger partial charge in [0, 0.05) is 6.42 Å². The van der Waals surface area contributed by atoms with Crippen molar-refractivity contribution in [2.24, 2.45) is 17.2 Å². The van der Waals surface area contributed by atoms with Gasteiger partial charge in [0.2, 0.25) is 11.8 Å². The smallest absolute Gasteiger partial charge is 0.234 e. The largest absolute Gasteiger partial charge is 0.457 e. The molecule has 0 aliphatic carbocycles. The molecular weight excluding hydrogens is 306 g/mol. The zero-order valence-corrected chi connectivity index (χ0v) is 13.3. The number of amides is 2. The van der Waals surface area contributed by atoms with Crippen molar-refractivity contribution >= 4 is 11.8 Å². The van der Waals surface area contributed by atoms with Crippen molar-refractivity contribution in [3.63, 3.8) is 0 Å². The van der Waals surface area contributed by atoms with Gasteiger partial charge in [-0.3, -0.25) is 9.59 Å². The number of hydrogen-bond acceptors (Lipinski definition) is 4. The third kappa shape index (κ3) is 5.40. The monoisotopic (exact) mass is 327 g/mol. The molecular formula is C18H21N3O3. The summed E-state index contributed by atoms with van der Waals surface area (Å²) in [6.07, 6.45) is 1.34. The Bertz CT molecular complexity index is 696. The molecule has 1 atom stereocenters. The Morgan fingerprint density at radius 1 is 0.875 bits per heavy atom. The molecule has 0 fully saturated rings. The normalized spacial score (nSPS) is 11.7. The number of carbonyl (C=O) groups is 2. The van der Waals surface area contributed by atoms with Gasteiger partial charge in [0.15, 0.2) is 0 Å². The Morgan fingerprint density at radius 3 is 1.83 bits per heavy atom. The Labute approximate surface area is 140 Å². The van der Waals surface area contributed by atoms with Crippen LogP contribution in [0.1, 0.15) is 17.5 Å². The first kappa shape index (κ1) is 17.5. The maximum atomic E-state index is 11.0. The molecule has 0 bridgehead atoms. The van der Waals surface area contributed by atoms with Gasteiger partial charge in [0.05, 0.1) is 6.04 Å². The fourth-order valence-electron chi connectivity index (χ4n) is 2.18. The predicted molar refractivity (Wildman–Crippen MR) is 91.3 cm³/mol. The molecule has 0 saturated heterocycles. The van der Waals surface area contributed by atoms with Gasteiger partial charge in [-0.05, 0) is 48.2 Å². The Balaban J connectivity index is 1.93. The van der Waals surface area contributed by atoms with Crippen molar-refractivity contribution in [1.29, 1.82) is 0 Å². The summed E-state index contributed by atoms with van der Waals surface area (Å²) >= 11 is 0. The average Bonchev–Trinajstić information content (AvgIpc) is 2.56. The van der Waals surface area contributed by atoms with Gasteiger partial charge in [-0.15, -0.1) is 0 Å². The second-order valence-corrected chi connectivity index (χ2v) is 5.57. The Morgan fingerprint density at radius 2 is 1.38 bits per heavy atom. The Hall–Kier alpha value is -2.86. The summed E-state index contributed by atoms with van der Waals surface area (Å²) in [7, 11) is 0. The minimum Gasteiger partial charge on any atom is -0.457 e. The topological polar surface area (TPSA) is 121 Å². The lowest BCUT2D eigenvalue weighted by Crippen LogP contribution is -2.38. The summed E-state index contributed by atoms with van der Waals surface area (Å²) in [5, 5.41) is 0.